The highest BCUT2D eigenvalue weighted by molar-refractivity contribution is 6.31. The van der Waals surface area contributed by atoms with E-state index in [1.165, 1.54) is 0 Å². The molecule has 0 spiro atoms. The zero-order valence-corrected chi connectivity index (χ0v) is 12.6. The Kier molecular flexibility index (Phi) is 5.44. The van der Waals surface area contributed by atoms with Gasteiger partial charge in [-0.2, -0.15) is 0 Å². The minimum atomic E-state index is -0.693. The van der Waals surface area contributed by atoms with Crippen LogP contribution in [-0.4, -0.2) is 29.1 Å². The number of likely N-dealkylation sites (tertiary alicyclic amines) is 1. The lowest BCUT2D eigenvalue weighted by molar-refractivity contribution is -0.137. The van der Waals surface area contributed by atoms with Gasteiger partial charge in [0.1, 0.15) is 0 Å². The van der Waals surface area contributed by atoms with Crippen LogP contribution in [0.15, 0.2) is 24.3 Å². The van der Waals surface area contributed by atoms with E-state index in [0.717, 1.165) is 42.9 Å². The lowest BCUT2D eigenvalue weighted by Gasteiger charge is -2.37. The number of hydrogen-bond acceptors (Lipinski definition) is 2. The molecule has 1 N–H and O–H groups in total. The molecule has 1 aromatic rings. The Morgan fingerprint density at radius 2 is 2.25 bits per heavy atom. The highest BCUT2D eigenvalue weighted by Gasteiger charge is 2.25. The predicted molar refractivity (Wildman–Crippen MR) is 81.0 cm³/mol. The van der Waals surface area contributed by atoms with Gasteiger partial charge in [-0.1, -0.05) is 29.8 Å². The number of carboxylic acid groups (broad SMARTS) is 1. The minimum Gasteiger partial charge on any atom is -0.481 e. The molecule has 3 nitrogen and oxygen atoms in total. The van der Waals surface area contributed by atoms with Crippen LogP contribution < -0.4 is 0 Å². The van der Waals surface area contributed by atoms with Crippen LogP contribution in [0.5, 0.6) is 0 Å². The summed E-state index contributed by atoms with van der Waals surface area (Å²) in [6.45, 7) is 4.22. The second kappa shape index (κ2) is 7.09. The summed E-state index contributed by atoms with van der Waals surface area (Å²) < 4.78 is 0. The normalized spacial score (nSPS) is 21.6. The van der Waals surface area contributed by atoms with E-state index in [1.807, 2.05) is 18.2 Å². The van der Waals surface area contributed by atoms with Gasteiger partial charge in [-0.05, 0) is 50.3 Å². The van der Waals surface area contributed by atoms with Crippen molar-refractivity contribution in [1.82, 2.24) is 4.90 Å². The van der Waals surface area contributed by atoms with Gasteiger partial charge in [0.15, 0.2) is 0 Å². The number of benzene rings is 1. The van der Waals surface area contributed by atoms with Crippen LogP contribution in [0.25, 0.3) is 0 Å². The molecular formula is C16H22ClNO2. The van der Waals surface area contributed by atoms with Crippen molar-refractivity contribution < 1.29 is 9.90 Å². The topological polar surface area (TPSA) is 40.5 Å². The third kappa shape index (κ3) is 3.97. The second-order valence-electron chi connectivity index (χ2n) is 5.63. The summed E-state index contributed by atoms with van der Waals surface area (Å²) in [5.74, 6) is -0.203. The molecule has 110 valence electrons. The fraction of sp³-hybridized carbons (Fsp3) is 0.562. The van der Waals surface area contributed by atoms with E-state index in [1.54, 1.807) is 0 Å². The molecule has 2 unspecified atom stereocenters. The van der Waals surface area contributed by atoms with Crippen LogP contribution in [-0.2, 0) is 4.79 Å². The summed E-state index contributed by atoms with van der Waals surface area (Å²) in [6.07, 6.45) is 3.33. The Balaban J connectivity index is 1.98. The molecule has 1 aliphatic rings. The van der Waals surface area contributed by atoms with E-state index in [0.29, 0.717) is 5.92 Å². The van der Waals surface area contributed by atoms with Gasteiger partial charge in [-0.15, -0.1) is 0 Å². The first-order chi connectivity index (χ1) is 9.58. The first kappa shape index (κ1) is 15.3. The molecule has 4 heteroatoms. The van der Waals surface area contributed by atoms with Gasteiger partial charge in [-0.25, -0.2) is 0 Å². The molecule has 0 saturated carbocycles. The summed E-state index contributed by atoms with van der Waals surface area (Å²) in [5, 5.41) is 9.62. The molecule has 0 bridgehead atoms. The molecule has 2 atom stereocenters. The van der Waals surface area contributed by atoms with Crippen LogP contribution in [0, 0.1) is 5.92 Å². The van der Waals surface area contributed by atoms with Gasteiger partial charge in [0.25, 0.3) is 0 Å². The van der Waals surface area contributed by atoms with E-state index < -0.39 is 5.97 Å². The Morgan fingerprint density at radius 3 is 2.95 bits per heavy atom. The molecule has 1 aromatic carbocycles. The monoisotopic (exact) mass is 295 g/mol. The molecule has 1 saturated heterocycles. The lowest BCUT2D eigenvalue weighted by Crippen LogP contribution is -2.37. The smallest absolute Gasteiger partial charge is 0.303 e. The van der Waals surface area contributed by atoms with Crippen molar-refractivity contribution in [2.75, 3.05) is 13.1 Å². The Bertz CT molecular complexity index is 464. The molecular weight excluding hydrogens is 274 g/mol. The van der Waals surface area contributed by atoms with Crippen LogP contribution in [0.4, 0.5) is 0 Å². The fourth-order valence-corrected chi connectivity index (χ4v) is 3.32. The molecule has 1 heterocycles. The van der Waals surface area contributed by atoms with Crippen molar-refractivity contribution >= 4 is 17.6 Å². The first-order valence-corrected chi connectivity index (χ1v) is 7.66. The van der Waals surface area contributed by atoms with E-state index >= 15 is 0 Å². The van der Waals surface area contributed by atoms with Crippen molar-refractivity contribution in [2.45, 2.75) is 38.6 Å². The maximum Gasteiger partial charge on any atom is 0.303 e. The minimum absolute atomic E-state index is 0.277. The van der Waals surface area contributed by atoms with Gasteiger partial charge in [0.05, 0.1) is 0 Å². The molecule has 0 aliphatic carbocycles. The number of carboxylic acids is 1. The maximum atomic E-state index is 10.7. The second-order valence-corrected chi connectivity index (χ2v) is 6.04. The largest absolute Gasteiger partial charge is 0.481 e. The summed E-state index contributed by atoms with van der Waals surface area (Å²) in [6, 6.07) is 8.26. The van der Waals surface area contributed by atoms with Crippen LogP contribution in [0.3, 0.4) is 0 Å². The van der Waals surface area contributed by atoms with E-state index in [4.69, 9.17) is 16.7 Å². The molecule has 0 amide bonds. The summed E-state index contributed by atoms with van der Waals surface area (Å²) >= 11 is 6.27. The SMILES string of the molecule is CC(c1ccccc1Cl)N1CCCC(CCC(=O)O)C1. The molecule has 2 rings (SSSR count). The van der Waals surface area contributed by atoms with Gasteiger partial charge < -0.3 is 5.11 Å². The molecule has 0 radical (unpaired) electrons. The number of hydrogen-bond donors (Lipinski definition) is 1. The molecule has 0 aromatic heterocycles. The Hall–Kier alpha value is -1.06. The van der Waals surface area contributed by atoms with Crippen molar-refractivity contribution in [3.63, 3.8) is 0 Å². The lowest BCUT2D eigenvalue weighted by atomic mass is 9.91. The predicted octanol–water partition coefficient (Wildman–Crippen LogP) is 3.98. The standard InChI is InChI=1S/C16H22ClNO2/c1-12(14-6-2-3-7-15(14)17)18-10-4-5-13(11-18)8-9-16(19)20/h2-3,6-7,12-13H,4-5,8-11H2,1H3,(H,19,20). The van der Waals surface area contributed by atoms with Gasteiger partial charge in [-0.3, -0.25) is 9.69 Å². The maximum absolute atomic E-state index is 10.7. The van der Waals surface area contributed by atoms with Crippen molar-refractivity contribution in [3.05, 3.63) is 34.9 Å². The van der Waals surface area contributed by atoms with Gasteiger partial charge >= 0.3 is 5.97 Å². The van der Waals surface area contributed by atoms with Crippen molar-refractivity contribution in [1.29, 1.82) is 0 Å². The average Bonchev–Trinajstić information content (AvgIpc) is 2.45. The number of rotatable bonds is 5. The zero-order chi connectivity index (χ0) is 14.5. The number of piperidine rings is 1. The van der Waals surface area contributed by atoms with Crippen LogP contribution in [0.2, 0.25) is 5.02 Å². The Labute approximate surface area is 125 Å². The number of carbonyl (C=O) groups is 1. The molecule has 20 heavy (non-hydrogen) atoms. The quantitative estimate of drug-likeness (QED) is 0.893. The summed E-state index contributed by atoms with van der Waals surface area (Å²) in [7, 11) is 0. The van der Waals surface area contributed by atoms with E-state index in [-0.39, 0.29) is 12.5 Å². The molecule has 1 aliphatic heterocycles. The van der Waals surface area contributed by atoms with Crippen molar-refractivity contribution in [2.24, 2.45) is 5.92 Å². The van der Waals surface area contributed by atoms with E-state index in [9.17, 15) is 4.79 Å². The number of aliphatic carboxylic acids is 1. The number of nitrogens with zero attached hydrogens (tertiary/aromatic N) is 1. The first-order valence-electron chi connectivity index (χ1n) is 7.28. The third-order valence-corrected chi connectivity index (χ3v) is 4.56. The number of halogens is 1. The van der Waals surface area contributed by atoms with Crippen molar-refractivity contribution in [3.8, 4) is 0 Å². The van der Waals surface area contributed by atoms with E-state index in [2.05, 4.69) is 17.9 Å². The Morgan fingerprint density at radius 1 is 1.50 bits per heavy atom. The highest BCUT2D eigenvalue weighted by atomic mass is 35.5. The van der Waals surface area contributed by atoms with Gasteiger partial charge in [0.2, 0.25) is 0 Å². The molecule has 1 fully saturated rings. The summed E-state index contributed by atoms with van der Waals surface area (Å²) in [5.41, 5.74) is 1.16. The highest BCUT2D eigenvalue weighted by Crippen LogP contribution is 2.31. The fourth-order valence-electron chi connectivity index (χ4n) is 3.02. The van der Waals surface area contributed by atoms with Gasteiger partial charge in [0, 0.05) is 24.0 Å². The van der Waals surface area contributed by atoms with Crippen LogP contribution in [0.1, 0.15) is 44.2 Å². The third-order valence-electron chi connectivity index (χ3n) is 4.22. The zero-order valence-electron chi connectivity index (χ0n) is 11.9. The average molecular weight is 296 g/mol. The van der Waals surface area contributed by atoms with Crippen LogP contribution >= 0.6 is 11.6 Å². The summed E-state index contributed by atoms with van der Waals surface area (Å²) in [4.78, 5) is 13.1.